The second-order valence-corrected chi connectivity index (χ2v) is 3.74. The minimum absolute atomic E-state index is 0.0113. The van der Waals surface area contributed by atoms with Crippen LogP contribution in [0.1, 0.15) is 24.3 Å². The van der Waals surface area contributed by atoms with E-state index in [4.69, 9.17) is 21.8 Å². The van der Waals surface area contributed by atoms with Crippen LogP contribution < -0.4 is 0 Å². The molecule has 82 valence electrons. The van der Waals surface area contributed by atoms with Gasteiger partial charge in [0, 0.05) is 11.6 Å². The molecule has 0 heterocycles. The van der Waals surface area contributed by atoms with Crippen LogP contribution in [0, 0.1) is 0 Å². The minimum atomic E-state index is -0.870. The first-order valence-corrected chi connectivity index (χ1v) is 5.12. The zero-order valence-electron chi connectivity index (χ0n) is 8.19. The Morgan fingerprint density at radius 3 is 2.40 bits per heavy atom. The summed E-state index contributed by atoms with van der Waals surface area (Å²) in [7, 11) is 0. The summed E-state index contributed by atoms with van der Waals surface area (Å²) in [5.74, 6) is -1.43. The van der Waals surface area contributed by atoms with Crippen LogP contribution in [-0.4, -0.2) is 22.8 Å². The van der Waals surface area contributed by atoms with Gasteiger partial charge in [-0.05, 0) is 30.5 Å². The summed E-state index contributed by atoms with van der Waals surface area (Å²) < 4.78 is 0. The van der Waals surface area contributed by atoms with Crippen LogP contribution in [0.25, 0.3) is 0 Å². The summed E-state index contributed by atoms with van der Waals surface area (Å²) >= 11 is 5.71. The molecule has 1 aromatic carbocycles. The fourth-order valence-electron chi connectivity index (χ4n) is 1.42. The Kier molecular flexibility index (Phi) is 4.59. The van der Waals surface area contributed by atoms with E-state index in [1.165, 1.54) is 0 Å². The highest BCUT2D eigenvalue weighted by Crippen LogP contribution is 2.23. The standard InChI is InChI=1S/C11H13ClO3/c12-9-5-3-8(4-6-9)10(11(14)15)2-1-7-13/h3-6,10,13H,1-2,7H2,(H,14,15)/t10-/m1/s1. The largest absolute Gasteiger partial charge is 0.481 e. The first-order chi connectivity index (χ1) is 7.15. The van der Waals surface area contributed by atoms with Crippen molar-refractivity contribution >= 4 is 17.6 Å². The summed E-state index contributed by atoms with van der Waals surface area (Å²) in [5.41, 5.74) is 0.723. The highest BCUT2D eigenvalue weighted by Gasteiger charge is 2.18. The maximum Gasteiger partial charge on any atom is 0.310 e. The van der Waals surface area contributed by atoms with Gasteiger partial charge in [-0.3, -0.25) is 4.79 Å². The predicted molar refractivity (Wildman–Crippen MR) is 58.1 cm³/mol. The molecule has 1 aromatic rings. The fourth-order valence-corrected chi connectivity index (χ4v) is 1.55. The molecule has 0 saturated heterocycles. The number of carboxylic acid groups (broad SMARTS) is 1. The van der Waals surface area contributed by atoms with E-state index < -0.39 is 11.9 Å². The van der Waals surface area contributed by atoms with Crippen LogP contribution >= 0.6 is 11.6 Å². The van der Waals surface area contributed by atoms with Crippen molar-refractivity contribution < 1.29 is 15.0 Å². The second-order valence-electron chi connectivity index (χ2n) is 3.31. The average Bonchev–Trinajstić information content (AvgIpc) is 2.21. The maximum atomic E-state index is 11.0. The van der Waals surface area contributed by atoms with Crippen LogP contribution in [-0.2, 0) is 4.79 Å². The molecule has 0 amide bonds. The number of aliphatic hydroxyl groups is 1. The number of halogens is 1. The van der Waals surface area contributed by atoms with Gasteiger partial charge in [0.05, 0.1) is 5.92 Å². The Balaban J connectivity index is 2.79. The van der Waals surface area contributed by atoms with Crippen molar-refractivity contribution in [3.05, 3.63) is 34.9 Å². The van der Waals surface area contributed by atoms with E-state index in [9.17, 15) is 4.79 Å². The number of hydrogen-bond acceptors (Lipinski definition) is 2. The van der Waals surface area contributed by atoms with Gasteiger partial charge in [-0.15, -0.1) is 0 Å². The second kappa shape index (κ2) is 5.73. The van der Waals surface area contributed by atoms with Crippen LogP contribution in [0.2, 0.25) is 5.02 Å². The molecule has 2 N–H and O–H groups in total. The van der Waals surface area contributed by atoms with E-state index in [1.54, 1.807) is 24.3 Å². The minimum Gasteiger partial charge on any atom is -0.481 e. The first kappa shape index (κ1) is 12.0. The topological polar surface area (TPSA) is 57.5 Å². The number of benzene rings is 1. The van der Waals surface area contributed by atoms with Gasteiger partial charge in [-0.1, -0.05) is 23.7 Å². The van der Waals surface area contributed by atoms with Crippen molar-refractivity contribution in [1.29, 1.82) is 0 Å². The molecule has 0 spiro atoms. The lowest BCUT2D eigenvalue weighted by Gasteiger charge is -2.11. The Morgan fingerprint density at radius 2 is 1.93 bits per heavy atom. The SMILES string of the molecule is O=C(O)[C@H](CCCO)c1ccc(Cl)cc1. The molecule has 1 rings (SSSR count). The Morgan fingerprint density at radius 1 is 1.33 bits per heavy atom. The highest BCUT2D eigenvalue weighted by molar-refractivity contribution is 6.30. The van der Waals surface area contributed by atoms with Gasteiger partial charge in [0.15, 0.2) is 0 Å². The molecular formula is C11H13ClO3. The van der Waals surface area contributed by atoms with Gasteiger partial charge in [0.1, 0.15) is 0 Å². The highest BCUT2D eigenvalue weighted by atomic mass is 35.5. The number of hydrogen-bond donors (Lipinski definition) is 2. The molecule has 15 heavy (non-hydrogen) atoms. The van der Waals surface area contributed by atoms with E-state index in [1.807, 2.05) is 0 Å². The zero-order valence-corrected chi connectivity index (χ0v) is 8.94. The third-order valence-corrected chi connectivity index (χ3v) is 2.47. The molecule has 0 radical (unpaired) electrons. The van der Waals surface area contributed by atoms with Gasteiger partial charge in [0.25, 0.3) is 0 Å². The summed E-state index contributed by atoms with van der Waals surface area (Å²) in [6.45, 7) is 0.0113. The molecule has 0 aromatic heterocycles. The molecule has 4 heteroatoms. The lowest BCUT2D eigenvalue weighted by molar-refractivity contribution is -0.139. The number of aliphatic hydroxyl groups excluding tert-OH is 1. The fraction of sp³-hybridized carbons (Fsp3) is 0.364. The quantitative estimate of drug-likeness (QED) is 0.813. The molecule has 1 atom stereocenters. The lowest BCUT2D eigenvalue weighted by atomic mass is 9.95. The van der Waals surface area contributed by atoms with Crippen molar-refractivity contribution in [2.75, 3.05) is 6.61 Å². The maximum absolute atomic E-state index is 11.0. The lowest BCUT2D eigenvalue weighted by Crippen LogP contribution is -2.12. The van der Waals surface area contributed by atoms with Gasteiger partial charge < -0.3 is 10.2 Å². The van der Waals surface area contributed by atoms with Gasteiger partial charge in [0.2, 0.25) is 0 Å². The van der Waals surface area contributed by atoms with Gasteiger partial charge >= 0.3 is 5.97 Å². The molecule has 0 unspecified atom stereocenters. The van der Waals surface area contributed by atoms with Crippen LogP contribution in [0.4, 0.5) is 0 Å². The van der Waals surface area contributed by atoms with Crippen LogP contribution in [0.3, 0.4) is 0 Å². The van der Waals surface area contributed by atoms with E-state index in [-0.39, 0.29) is 6.61 Å². The molecule has 0 saturated carbocycles. The van der Waals surface area contributed by atoms with E-state index >= 15 is 0 Å². The molecule has 0 fully saturated rings. The number of aliphatic carboxylic acids is 1. The zero-order chi connectivity index (χ0) is 11.3. The van der Waals surface area contributed by atoms with Crippen molar-refractivity contribution in [3.8, 4) is 0 Å². The molecular weight excluding hydrogens is 216 g/mol. The summed E-state index contributed by atoms with van der Waals surface area (Å²) in [6, 6.07) is 6.76. The molecule has 3 nitrogen and oxygen atoms in total. The monoisotopic (exact) mass is 228 g/mol. The van der Waals surface area contributed by atoms with Crippen molar-refractivity contribution in [2.24, 2.45) is 0 Å². The Bertz CT molecular complexity index is 321. The van der Waals surface area contributed by atoms with Crippen LogP contribution in [0.15, 0.2) is 24.3 Å². The predicted octanol–water partition coefficient (Wildman–Crippen LogP) is 2.28. The molecule has 0 aliphatic carbocycles. The number of rotatable bonds is 5. The third kappa shape index (κ3) is 3.53. The first-order valence-electron chi connectivity index (χ1n) is 4.74. The van der Waals surface area contributed by atoms with Gasteiger partial charge in [-0.2, -0.15) is 0 Å². The molecule has 0 bridgehead atoms. The van der Waals surface area contributed by atoms with Crippen LogP contribution in [0.5, 0.6) is 0 Å². The van der Waals surface area contributed by atoms with E-state index in [2.05, 4.69) is 0 Å². The van der Waals surface area contributed by atoms with Crippen molar-refractivity contribution in [2.45, 2.75) is 18.8 Å². The van der Waals surface area contributed by atoms with Crippen molar-refractivity contribution in [1.82, 2.24) is 0 Å². The van der Waals surface area contributed by atoms with E-state index in [0.29, 0.717) is 17.9 Å². The molecule has 0 aliphatic rings. The third-order valence-electron chi connectivity index (χ3n) is 2.22. The average molecular weight is 229 g/mol. The number of carbonyl (C=O) groups is 1. The Labute approximate surface area is 93.3 Å². The molecule has 0 aliphatic heterocycles. The van der Waals surface area contributed by atoms with Gasteiger partial charge in [-0.25, -0.2) is 0 Å². The van der Waals surface area contributed by atoms with E-state index in [0.717, 1.165) is 5.56 Å². The summed E-state index contributed by atoms with van der Waals surface area (Å²) in [5, 5.41) is 18.3. The number of carboxylic acids is 1. The smallest absolute Gasteiger partial charge is 0.310 e. The normalized spacial score (nSPS) is 12.4. The summed E-state index contributed by atoms with van der Waals surface area (Å²) in [4.78, 5) is 11.0. The summed E-state index contributed by atoms with van der Waals surface area (Å²) in [6.07, 6.45) is 0.924. The van der Waals surface area contributed by atoms with Crippen molar-refractivity contribution in [3.63, 3.8) is 0 Å². The Hall–Kier alpha value is -1.06.